The van der Waals surface area contributed by atoms with Crippen LogP contribution >= 0.6 is 23.2 Å². The van der Waals surface area contributed by atoms with Gasteiger partial charge in [-0.05, 0) is 61.0 Å². The Bertz CT molecular complexity index is 660. The van der Waals surface area contributed by atoms with Crippen molar-refractivity contribution in [3.8, 4) is 0 Å². The third kappa shape index (κ3) is 6.74. The van der Waals surface area contributed by atoms with Crippen molar-refractivity contribution in [2.75, 3.05) is 18.4 Å². The van der Waals surface area contributed by atoms with E-state index in [4.69, 9.17) is 23.2 Å². The van der Waals surface area contributed by atoms with Crippen molar-refractivity contribution in [3.63, 3.8) is 0 Å². The molecule has 24 heavy (non-hydrogen) atoms. The van der Waals surface area contributed by atoms with Gasteiger partial charge in [0.1, 0.15) is 5.82 Å². The van der Waals surface area contributed by atoms with Crippen molar-refractivity contribution in [3.05, 3.63) is 63.9 Å². The summed E-state index contributed by atoms with van der Waals surface area (Å²) in [5.74, 6) is -0.340. The molecule has 0 saturated heterocycles. The lowest BCUT2D eigenvalue weighted by molar-refractivity contribution is 0.252. The quantitative estimate of drug-likeness (QED) is 0.632. The molecule has 3 N–H and O–H groups in total. The second-order valence-corrected chi connectivity index (χ2v) is 6.07. The summed E-state index contributed by atoms with van der Waals surface area (Å²) in [6.45, 7) is 1.92. The molecule has 2 aromatic rings. The van der Waals surface area contributed by atoms with Gasteiger partial charge >= 0.3 is 6.03 Å². The van der Waals surface area contributed by atoms with Crippen LogP contribution in [0.2, 0.25) is 10.0 Å². The van der Waals surface area contributed by atoms with Crippen molar-refractivity contribution in [2.45, 2.75) is 13.0 Å². The van der Waals surface area contributed by atoms with E-state index in [0.29, 0.717) is 28.8 Å². The van der Waals surface area contributed by atoms with Crippen LogP contribution in [0.5, 0.6) is 0 Å². The minimum Gasteiger partial charge on any atom is -0.338 e. The Morgan fingerprint density at radius 3 is 2.33 bits per heavy atom. The number of hydrogen-bond donors (Lipinski definition) is 3. The Hall–Kier alpha value is -1.82. The number of amides is 2. The molecule has 0 radical (unpaired) electrons. The summed E-state index contributed by atoms with van der Waals surface area (Å²) in [5, 5.41) is 9.84. The van der Waals surface area contributed by atoms with E-state index in [1.165, 1.54) is 24.3 Å². The molecule has 128 valence electrons. The van der Waals surface area contributed by atoms with Crippen LogP contribution in [-0.4, -0.2) is 19.1 Å². The summed E-state index contributed by atoms with van der Waals surface area (Å²) in [6, 6.07) is 10.7. The van der Waals surface area contributed by atoms with Gasteiger partial charge in [-0.3, -0.25) is 0 Å². The number of rotatable bonds is 7. The molecular weight excluding hydrogens is 352 g/mol. The first-order chi connectivity index (χ1) is 11.5. The lowest BCUT2D eigenvalue weighted by Crippen LogP contribution is -2.31. The van der Waals surface area contributed by atoms with Gasteiger partial charge < -0.3 is 16.0 Å². The van der Waals surface area contributed by atoms with Gasteiger partial charge in [0, 0.05) is 28.8 Å². The Morgan fingerprint density at radius 1 is 1.00 bits per heavy atom. The van der Waals surface area contributed by atoms with Crippen LogP contribution < -0.4 is 16.0 Å². The van der Waals surface area contributed by atoms with Crippen molar-refractivity contribution < 1.29 is 9.18 Å². The number of carbonyl (C=O) groups is 1. The number of nitrogens with one attached hydrogen (secondary N) is 3. The summed E-state index contributed by atoms with van der Waals surface area (Å²) >= 11 is 11.9. The molecule has 0 bridgehead atoms. The lowest BCUT2D eigenvalue weighted by Gasteiger charge is -2.09. The smallest absolute Gasteiger partial charge is 0.319 e. The molecule has 0 atom stereocenters. The third-order valence-corrected chi connectivity index (χ3v) is 3.61. The largest absolute Gasteiger partial charge is 0.338 e. The highest BCUT2D eigenvalue weighted by molar-refractivity contribution is 6.34. The summed E-state index contributed by atoms with van der Waals surface area (Å²) in [7, 11) is 0. The van der Waals surface area contributed by atoms with Gasteiger partial charge in [0.25, 0.3) is 0 Å². The van der Waals surface area contributed by atoms with Crippen LogP contribution in [0.1, 0.15) is 12.0 Å². The molecular formula is C17H18Cl2FN3O. The summed E-state index contributed by atoms with van der Waals surface area (Å²) in [6.07, 6.45) is 0.769. The van der Waals surface area contributed by atoms with Crippen LogP contribution in [0.15, 0.2) is 42.5 Å². The number of anilines is 1. The van der Waals surface area contributed by atoms with Crippen LogP contribution in [-0.2, 0) is 6.54 Å². The summed E-state index contributed by atoms with van der Waals surface area (Å²) in [4.78, 5) is 11.7. The Labute approximate surface area is 150 Å². The zero-order valence-corrected chi connectivity index (χ0v) is 14.4. The zero-order valence-electron chi connectivity index (χ0n) is 12.9. The van der Waals surface area contributed by atoms with Gasteiger partial charge in [-0.1, -0.05) is 23.2 Å². The summed E-state index contributed by atoms with van der Waals surface area (Å²) in [5.41, 5.74) is 1.55. The molecule has 0 saturated carbocycles. The van der Waals surface area contributed by atoms with E-state index in [9.17, 15) is 9.18 Å². The SMILES string of the molecule is O=C(NCCCNCc1cc(Cl)cc(Cl)c1)Nc1ccc(F)cc1. The predicted octanol–water partition coefficient (Wildman–Crippen LogP) is 4.43. The van der Waals surface area contributed by atoms with Gasteiger partial charge in [0.2, 0.25) is 0 Å². The highest BCUT2D eigenvalue weighted by atomic mass is 35.5. The van der Waals surface area contributed by atoms with Crippen LogP contribution in [0.4, 0.5) is 14.9 Å². The van der Waals surface area contributed by atoms with Crippen molar-refractivity contribution in [1.82, 2.24) is 10.6 Å². The highest BCUT2D eigenvalue weighted by Crippen LogP contribution is 2.18. The van der Waals surface area contributed by atoms with E-state index in [2.05, 4.69) is 16.0 Å². The first-order valence-electron chi connectivity index (χ1n) is 7.49. The minimum atomic E-state index is -0.340. The normalized spacial score (nSPS) is 10.5. The van der Waals surface area contributed by atoms with Crippen molar-refractivity contribution in [2.24, 2.45) is 0 Å². The van der Waals surface area contributed by atoms with Crippen molar-refractivity contribution >= 4 is 34.9 Å². The number of hydrogen-bond acceptors (Lipinski definition) is 2. The molecule has 2 aromatic carbocycles. The molecule has 2 amide bonds. The van der Waals surface area contributed by atoms with E-state index in [1.807, 2.05) is 12.1 Å². The number of benzene rings is 2. The van der Waals surface area contributed by atoms with Crippen molar-refractivity contribution in [1.29, 1.82) is 0 Å². The molecule has 7 heteroatoms. The molecule has 2 rings (SSSR count). The van der Waals surface area contributed by atoms with E-state index in [-0.39, 0.29) is 11.8 Å². The van der Waals surface area contributed by atoms with Gasteiger partial charge in [0.05, 0.1) is 0 Å². The topological polar surface area (TPSA) is 53.2 Å². The fourth-order valence-corrected chi connectivity index (χ4v) is 2.64. The average Bonchev–Trinajstić information content (AvgIpc) is 2.52. The maximum absolute atomic E-state index is 12.8. The van der Waals surface area contributed by atoms with Crippen LogP contribution in [0, 0.1) is 5.82 Å². The Kier molecular flexibility index (Phi) is 7.31. The predicted molar refractivity (Wildman–Crippen MR) is 96.2 cm³/mol. The standard InChI is InChI=1S/C17H18Cl2FN3O/c18-13-8-12(9-14(19)10-13)11-21-6-1-7-22-17(24)23-16-4-2-15(20)3-5-16/h2-5,8-10,21H,1,6-7,11H2,(H2,22,23,24). The molecule has 0 aromatic heterocycles. The average molecular weight is 370 g/mol. The Balaban J connectivity index is 1.59. The fraction of sp³-hybridized carbons (Fsp3) is 0.235. The highest BCUT2D eigenvalue weighted by Gasteiger charge is 2.01. The molecule has 0 heterocycles. The van der Waals surface area contributed by atoms with Crippen LogP contribution in [0.25, 0.3) is 0 Å². The lowest BCUT2D eigenvalue weighted by atomic mass is 10.2. The number of urea groups is 1. The van der Waals surface area contributed by atoms with E-state index in [1.54, 1.807) is 6.07 Å². The monoisotopic (exact) mass is 369 g/mol. The molecule has 0 fully saturated rings. The fourth-order valence-electron chi connectivity index (χ4n) is 2.07. The van der Waals surface area contributed by atoms with E-state index < -0.39 is 0 Å². The molecule has 0 aliphatic rings. The maximum Gasteiger partial charge on any atom is 0.319 e. The second-order valence-electron chi connectivity index (χ2n) is 5.20. The second kappa shape index (κ2) is 9.47. The first kappa shape index (κ1) is 18.5. The molecule has 0 aliphatic heterocycles. The summed E-state index contributed by atoms with van der Waals surface area (Å²) < 4.78 is 12.8. The van der Waals surface area contributed by atoms with Gasteiger partial charge in [-0.2, -0.15) is 0 Å². The maximum atomic E-state index is 12.8. The van der Waals surface area contributed by atoms with E-state index >= 15 is 0 Å². The number of halogens is 3. The van der Waals surface area contributed by atoms with Crippen LogP contribution in [0.3, 0.4) is 0 Å². The Morgan fingerprint density at radius 2 is 1.67 bits per heavy atom. The van der Waals surface area contributed by atoms with E-state index in [0.717, 1.165) is 18.5 Å². The van der Waals surface area contributed by atoms with Gasteiger partial charge in [-0.25, -0.2) is 9.18 Å². The zero-order chi connectivity index (χ0) is 17.4. The molecule has 0 unspecified atom stereocenters. The molecule has 4 nitrogen and oxygen atoms in total. The van der Waals surface area contributed by atoms with Gasteiger partial charge in [-0.15, -0.1) is 0 Å². The minimum absolute atomic E-state index is 0.316. The molecule has 0 aliphatic carbocycles. The molecule has 0 spiro atoms. The van der Waals surface area contributed by atoms with Gasteiger partial charge in [0.15, 0.2) is 0 Å². The number of carbonyl (C=O) groups excluding carboxylic acids is 1. The first-order valence-corrected chi connectivity index (χ1v) is 8.24. The third-order valence-electron chi connectivity index (χ3n) is 3.17.